The number of nitrogens with zero attached hydrogens (tertiary/aromatic N) is 4. The van der Waals surface area contributed by atoms with E-state index in [1.165, 1.54) is 6.07 Å². The van der Waals surface area contributed by atoms with Crippen LogP contribution in [-0.4, -0.2) is 50.9 Å². The van der Waals surface area contributed by atoms with Crippen LogP contribution < -0.4 is 16.4 Å². The summed E-state index contributed by atoms with van der Waals surface area (Å²) in [7, 11) is 0. The molecule has 1 aliphatic heterocycles. The summed E-state index contributed by atoms with van der Waals surface area (Å²) in [6.07, 6.45) is 3.60. The summed E-state index contributed by atoms with van der Waals surface area (Å²) in [5, 5.41) is 6.91. The third-order valence-electron chi connectivity index (χ3n) is 6.59. The lowest BCUT2D eigenvalue weighted by Gasteiger charge is -2.29. The number of anilines is 3. The van der Waals surface area contributed by atoms with Crippen LogP contribution in [-0.2, 0) is 9.53 Å². The Balaban J connectivity index is 1.53. The number of rotatable bonds is 6. The summed E-state index contributed by atoms with van der Waals surface area (Å²) >= 11 is 12.4. The van der Waals surface area contributed by atoms with E-state index in [0.29, 0.717) is 72.5 Å². The lowest BCUT2D eigenvalue weighted by Crippen LogP contribution is -2.39. The second-order valence-corrected chi connectivity index (χ2v) is 9.76. The zero-order valence-electron chi connectivity index (χ0n) is 19.8. The number of hydrogen-bond donors (Lipinski definition) is 3. The Morgan fingerprint density at radius 1 is 1.26 bits per heavy atom. The second-order valence-electron chi connectivity index (χ2n) is 8.91. The number of benzene rings is 1. The van der Waals surface area contributed by atoms with Gasteiger partial charge in [0.25, 0.3) is 0 Å². The van der Waals surface area contributed by atoms with E-state index in [1.807, 2.05) is 4.57 Å². The van der Waals surface area contributed by atoms with Gasteiger partial charge in [-0.05, 0) is 50.3 Å². The number of amides is 1. The first-order chi connectivity index (χ1) is 17.3. The first-order valence-electron chi connectivity index (χ1n) is 12.1. The minimum atomic E-state index is -1.16. The van der Waals surface area contributed by atoms with Crippen molar-refractivity contribution in [3.05, 3.63) is 34.4 Å². The average Bonchev–Trinajstić information content (AvgIpc) is 3.20. The van der Waals surface area contributed by atoms with Crippen molar-refractivity contribution in [2.75, 3.05) is 23.8 Å². The van der Waals surface area contributed by atoms with E-state index in [0.717, 1.165) is 0 Å². The van der Waals surface area contributed by atoms with Gasteiger partial charge >= 0.3 is 0 Å². The maximum absolute atomic E-state index is 14.3. The molecule has 2 atom stereocenters. The van der Waals surface area contributed by atoms with Gasteiger partial charge in [0.1, 0.15) is 11.7 Å². The number of aromatic nitrogens is 4. The molecule has 12 heteroatoms. The summed E-state index contributed by atoms with van der Waals surface area (Å²) < 4.78 is 29.8. The summed E-state index contributed by atoms with van der Waals surface area (Å²) in [5.74, 6) is 0.271. The SMILES string of the molecule is [2H]c1cc(Cl)cc(Cl)c1Nc1nc2cnc(N[C@@H]3CCOC[C@H]3F)nc2n1C1CCC(C(N)=O)CC1. The van der Waals surface area contributed by atoms with Crippen molar-refractivity contribution < 1.29 is 15.3 Å². The molecule has 0 radical (unpaired) electrons. The Labute approximate surface area is 213 Å². The van der Waals surface area contributed by atoms with Crippen LogP contribution in [0.2, 0.25) is 10.0 Å². The van der Waals surface area contributed by atoms with Crippen molar-refractivity contribution >= 4 is 57.9 Å². The maximum atomic E-state index is 14.3. The van der Waals surface area contributed by atoms with Crippen LogP contribution in [0.25, 0.3) is 11.2 Å². The molecular weight excluding hydrogens is 496 g/mol. The largest absolute Gasteiger partial charge is 0.378 e. The highest BCUT2D eigenvalue weighted by molar-refractivity contribution is 6.36. The monoisotopic (exact) mass is 522 g/mol. The highest BCUT2D eigenvalue weighted by atomic mass is 35.5. The molecule has 1 aromatic carbocycles. The highest BCUT2D eigenvalue weighted by Gasteiger charge is 2.30. The Bertz CT molecular complexity index is 1260. The molecule has 1 aliphatic carbocycles. The summed E-state index contributed by atoms with van der Waals surface area (Å²) in [6, 6.07) is 2.68. The molecule has 186 valence electrons. The molecule has 2 aliphatic rings. The molecule has 9 nitrogen and oxygen atoms in total. The van der Waals surface area contributed by atoms with Gasteiger partial charge in [0.15, 0.2) is 5.65 Å². The van der Waals surface area contributed by atoms with E-state index in [-0.39, 0.29) is 35.5 Å². The molecule has 0 bridgehead atoms. The maximum Gasteiger partial charge on any atom is 0.225 e. The molecule has 1 amide bonds. The van der Waals surface area contributed by atoms with E-state index in [1.54, 1.807) is 12.3 Å². The minimum absolute atomic E-state index is 0.0341. The fourth-order valence-electron chi connectivity index (χ4n) is 4.70. The van der Waals surface area contributed by atoms with Crippen molar-refractivity contribution in [3.63, 3.8) is 0 Å². The number of carbonyl (C=O) groups is 1. The minimum Gasteiger partial charge on any atom is -0.378 e. The van der Waals surface area contributed by atoms with Crippen LogP contribution in [0.15, 0.2) is 24.4 Å². The number of halogens is 3. The molecule has 3 aromatic rings. The number of hydrogen-bond acceptors (Lipinski definition) is 7. The van der Waals surface area contributed by atoms with Crippen molar-refractivity contribution in [2.24, 2.45) is 11.7 Å². The molecule has 35 heavy (non-hydrogen) atoms. The van der Waals surface area contributed by atoms with Crippen LogP contribution in [0.4, 0.5) is 22.0 Å². The lowest BCUT2D eigenvalue weighted by atomic mass is 9.85. The van der Waals surface area contributed by atoms with Crippen LogP contribution in [0, 0.1) is 5.92 Å². The molecular formula is C23H26Cl2FN7O2. The van der Waals surface area contributed by atoms with E-state index in [4.69, 9.17) is 40.0 Å². The van der Waals surface area contributed by atoms with Crippen molar-refractivity contribution in [3.8, 4) is 0 Å². The van der Waals surface area contributed by atoms with Crippen LogP contribution in [0.1, 0.15) is 39.5 Å². The molecule has 5 rings (SSSR count). The van der Waals surface area contributed by atoms with E-state index >= 15 is 0 Å². The summed E-state index contributed by atoms with van der Waals surface area (Å²) in [4.78, 5) is 25.4. The molecule has 4 N–H and O–H groups in total. The van der Waals surface area contributed by atoms with Gasteiger partial charge in [0, 0.05) is 23.6 Å². The molecule has 2 aromatic heterocycles. The number of ether oxygens (including phenoxy) is 1. The van der Waals surface area contributed by atoms with Gasteiger partial charge in [0.2, 0.25) is 17.8 Å². The number of primary amides is 1. The number of carbonyl (C=O) groups excluding carboxylic acids is 1. The van der Waals surface area contributed by atoms with E-state index in [9.17, 15) is 9.18 Å². The van der Waals surface area contributed by atoms with Crippen molar-refractivity contribution in [1.29, 1.82) is 0 Å². The number of alkyl halides is 1. The van der Waals surface area contributed by atoms with Gasteiger partial charge in [-0.3, -0.25) is 9.36 Å². The lowest BCUT2D eigenvalue weighted by molar-refractivity contribution is -0.122. The topological polar surface area (TPSA) is 120 Å². The van der Waals surface area contributed by atoms with Gasteiger partial charge in [-0.25, -0.2) is 14.4 Å². The first-order valence-corrected chi connectivity index (χ1v) is 12.3. The fraction of sp³-hybridized carbons (Fsp3) is 0.478. The smallest absolute Gasteiger partial charge is 0.225 e. The van der Waals surface area contributed by atoms with Gasteiger partial charge in [0.05, 0.1) is 30.9 Å². The van der Waals surface area contributed by atoms with Crippen molar-refractivity contribution in [2.45, 2.75) is 50.4 Å². The third-order valence-corrected chi connectivity index (χ3v) is 7.11. The predicted molar refractivity (Wildman–Crippen MR) is 133 cm³/mol. The van der Waals surface area contributed by atoms with Crippen LogP contribution >= 0.6 is 23.2 Å². The molecule has 3 heterocycles. The van der Waals surface area contributed by atoms with Gasteiger partial charge in [-0.1, -0.05) is 23.2 Å². The predicted octanol–water partition coefficient (Wildman–Crippen LogP) is 4.63. The zero-order valence-corrected chi connectivity index (χ0v) is 20.3. The highest BCUT2D eigenvalue weighted by Crippen LogP contribution is 2.38. The second kappa shape index (κ2) is 10.1. The number of imidazole rings is 1. The van der Waals surface area contributed by atoms with Gasteiger partial charge in [-0.2, -0.15) is 4.98 Å². The Kier molecular flexibility index (Phi) is 6.58. The molecule has 0 spiro atoms. The zero-order chi connectivity index (χ0) is 25.4. The molecule has 0 unspecified atom stereocenters. The van der Waals surface area contributed by atoms with Crippen LogP contribution in [0.5, 0.6) is 0 Å². The Morgan fingerprint density at radius 3 is 2.77 bits per heavy atom. The Hall–Kier alpha value is -2.69. The fourth-order valence-corrected chi connectivity index (χ4v) is 5.14. The van der Waals surface area contributed by atoms with Crippen LogP contribution in [0.3, 0.4) is 0 Å². The van der Waals surface area contributed by atoms with E-state index in [2.05, 4.69) is 20.6 Å². The quantitative estimate of drug-likeness (QED) is 0.431. The average molecular weight is 523 g/mol. The summed E-state index contributed by atoms with van der Waals surface area (Å²) in [5.41, 5.74) is 6.97. The molecule has 2 fully saturated rings. The number of fused-ring (bicyclic) bond motifs is 1. The molecule has 1 saturated heterocycles. The Morgan fingerprint density at radius 2 is 2.06 bits per heavy atom. The molecule has 1 saturated carbocycles. The number of nitrogens with two attached hydrogens (primary N) is 1. The van der Waals surface area contributed by atoms with Gasteiger partial charge in [-0.15, -0.1) is 0 Å². The summed E-state index contributed by atoms with van der Waals surface area (Å²) in [6.45, 7) is 0.499. The number of nitrogens with one attached hydrogen (secondary N) is 2. The first kappa shape index (κ1) is 22.8. The normalized spacial score (nSPS) is 25.3. The van der Waals surface area contributed by atoms with E-state index < -0.39 is 12.2 Å². The van der Waals surface area contributed by atoms with Crippen molar-refractivity contribution in [1.82, 2.24) is 19.5 Å². The van der Waals surface area contributed by atoms with Gasteiger partial charge < -0.3 is 21.1 Å². The standard InChI is InChI=1S/C23H26Cl2FN7O2/c24-13-3-6-17(15(25)9-13)30-23-31-19-10-28-22(29-18-7-8-35-11-16(18)26)32-21(19)33(23)14-4-1-12(2-5-14)20(27)34/h3,6,9-10,12,14,16,18H,1-2,4-5,7-8,11H2,(H2,27,34)(H,30,31)(H,28,29,32)/t12?,14?,16-,18-/m1/s1/i6D. The third kappa shape index (κ3) is 5.14.